The van der Waals surface area contributed by atoms with Gasteiger partial charge in [-0.3, -0.25) is 14.6 Å². The summed E-state index contributed by atoms with van der Waals surface area (Å²) in [7, 11) is 1.35. The van der Waals surface area contributed by atoms with Gasteiger partial charge >= 0.3 is 5.97 Å². The van der Waals surface area contributed by atoms with Crippen molar-refractivity contribution < 1.29 is 14.3 Å². The van der Waals surface area contributed by atoms with Gasteiger partial charge in [-0.25, -0.2) is 4.79 Å². The minimum atomic E-state index is -0.376. The fraction of sp³-hybridized carbons (Fsp3) is 0.353. The van der Waals surface area contributed by atoms with E-state index >= 15 is 0 Å². The first-order valence-corrected chi connectivity index (χ1v) is 8.97. The number of hydrogen-bond acceptors (Lipinski definition) is 6. The lowest BCUT2D eigenvalue weighted by atomic mass is 10.1. The summed E-state index contributed by atoms with van der Waals surface area (Å²) in [6.07, 6.45) is 4.17. The van der Waals surface area contributed by atoms with Crippen LogP contribution in [0.4, 0.5) is 0 Å². The van der Waals surface area contributed by atoms with E-state index in [0.29, 0.717) is 21.5 Å². The number of ether oxygens (including phenoxy) is 1. The van der Waals surface area contributed by atoms with Crippen molar-refractivity contribution in [3.8, 4) is 0 Å². The summed E-state index contributed by atoms with van der Waals surface area (Å²) in [6.45, 7) is 2.61. The molecule has 2 aliphatic heterocycles. The van der Waals surface area contributed by atoms with Crippen molar-refractivity contribution in [2.75, 3.05) is 26.9 Å². The normalized spacial score (nSPS) is 20.2. The molecule has 2 heterocycles. The van der Waals surface area contributed by atoms with Crippen LogP contribution in [-0.4, -0.2) is 52.9 Å². The zero-order valence-electron chi connectivity index (χ0n) is 13.4. The van der Waals surface area contributed by atoms with E-state index in [2.05, 4.69) is 9.64 Å². The Bertz CT molecular complexity index is 694. The molecule has 0 bridgehead atoms. The van der Waals surface area contributed by atoms with Crippen molar-refractivity contribution in [1.29, 1.82) is 0 Å². The third-order valence-corrected chi connectivity index (χ3v) is 5.42. The molecule has 24 heavy (non-hydrogen) atoms. The molecule has 2 fully saturated rings. The summed E-state index contributed by atoms with van der Waals surface area (Å²) >= 11 is 6.68. The molecular weight excluding hydrogens is 344 g/mol. The number of thioether (sulfide) groups is 1. The number of carbonyl (C=O) groups excluding carboxylic acids is 2. The maximum Gasteiger partial charge on any atom is 0.337 e. The van der Waals surface area contributed by atoms with Gasteiger partial charge in [0.25, 0.3) is 5.91 Å². The van der Waals surface area contributed by atoms with Gasteiger partial charge in [0.05, 0.1) is 24.2 Å². The van der Waals surface area contributed by atoms with Crippen LogP contribution in [0.5, 0.6) is 0 Å². The first-order valence-electron chi connectivity index (χ1n) is 7.74. The molecule has 1 amide bonds. The first kappa shape index (κ1) is 17.1. The summed E-state index contributed by atoms with van der Waals surface area (Å²) < 4.78 is 5.28. The Hall–Kier alpha value is -1.70. The van der Waals surface area contributed by atoms with Gasteiger partial charge in [0.2, 0.25) is 0 Å². The van der Waals surface area contributed by atoms with E-state index in [4.69, 9.17) is 12.2 Å². The smallest absolute Gasteiger partial charge is 0.337 e. The quantitative estimate of drug-likeness (QED) is 0.466. The zero-order valence-corrected chi connectivity index (χ0v) is 15.0. The van der Waals surface area contributed by atoms with Gasteiger partial charge in [0.15, 0.2) is 0 Å². The number of benzene rings is 1. The van der Waals surface area contributed by atoms with Gasteiger partial charge in [0, 0.05) is 0 Å². The van der Waals surface area contributed by atoms with Gasteiger partial charge in [0.1, 0.15) is 4.32 Å². The molecule has 0 aromatic heterocycles. The molecular formula is C17H18N2O3S2. The molecule has 1 aromatic carbocycles. The topological polar surface area (TPSA) is 49.9 Å². The van der Waals surface area contributed by atoms with Gasteiger partial charge in [-0.1, -0.05) is 36.1 Å². The highest BCUT2D eigenvalue weighted by Crippen LogP contribution is 2.33. The molecule has 0 atom stereocenters. The van der Waals surface area contributed by atoms with Crippen LogP contribution in [0.3, 0.4) is 0 Å². The van der Waals surface area contributed by atoms with E-state index < -0.39 is 0 Å². The highest BCUT2D eigenvalue weighted by Gasteiger charge is 2.33. The molecule has 0 aliphatic carbocycles. The lowest BCUT2D eigenvalue weighted by Crippen LogP contribution is -2.38. The van der Waals surface area contributed by atoms with Crippen molar-refractivity contribution in [2.45, 2.75) is 12.8 Å². The Morgan fingerprint density at radius 3 is 2.58 bits per heavy atom. The fourth-order valence-electron chi connectivity index (χ4n) is 2.73. The number of thiocarbonyl (C=S) groups is 1. The third-order valence-electron chi connectivity index (χ3n) is 4.04. The van der Waals surface area contributed by atoms with Crippen molar-refractivity contribution >= 4 is 46.3 Å². The highest BCUT2D eigenvalue weighted by atomic mass is 32.2. The number of amides is 1. The molecule has 0 spiro atoms. The summed E-state index contributed by atoms with van der Waals surface area (Å²) in [5, 5.41) is 0. The highest BCUT2D eigenvalue weighted by molar-refractivity contribution is 8.26. The monoisotopic (exact) mass is 362 g/mol. The summed E-state index contributed by atoms with van der Waals surface area (Å²) in [6, 6.07) is 6.95. The zero-order chi connectivity index (χ0) is 17.1. The van der Waals surface area contributed by atoms with Crippen LogP contribution < -0.4 is 0 Å². The number of methoxy groups -OCH3 is 1. The molecule has 3 rings (SSSR count). The average molecular weight is 362 g/mol. The minimum absolute atomic E-state index is 0.0473. The van der Waals surface area contributed by atoms with Gasteiger partial charge in [-0.2, -0.15) is 0 Å². The largest absolute Gasteiger partial charge is 0.465 e. The van der Waals surface area contributed by atoms with Crippen LogP contribution >= 0.6 is 24.0 Å². The van der Waals surface area contributed by atoms with Crippen molar-refractivity contribution in [3.63, 3.8) is 0 Å². The number of carbonyl (C=O) groups is 2. The summed E-state index contributed by atoms with van der Waals surface area (Å²) in [5.74, 6) is -0.424. The molecule has 1 aromatic rings. The number of hydrogen-bond donors (Lipinski definition) is 0. The maximum absolute atomic E-state index is 12.6. The van der Waals surface area contributed by atoms with Crippen molar-refractivity contribution in [3.05, 3.63) is 40.3 Å². The molecule has 2 aliphatic rings. The van der Waals surface area contributed by atoms with Gasteiger partial charge in [-0.15, -0.1) is 0 Å². The Morgan fingerprint density at radius 2 is 1.96 bits per heavy atom. The van der Waals surface area contributed by atoms with Crippen LogP contribution in [0.25, 0.3) is 6.08 Å². The minimum Gasteiger partial charge on any atom is -0.465 e. The predicted octanol–water partition coefficient (Wildman–Crippen LogP) is 2.73. The second-order valence-corrected chi connectivity index (χ2v) is 7.37. The average Bonchev–Trinajstić information content (AvgIpc) is 3.19. The third kappa shape index (κ3) is 3.68. The van der Waals surface area contributed by atoms with E-state index in [1.165, 1.54) is 31.7 Å². The van der Waals surface area contributed by atoms with E-state index in [9.17, 15) is 9.59 Å². The molecule has 0 saturated carbocycles. The van der Waals surface area contributed by atoms with Gasteiger partial charge < -0.3 is 4.74 Å². The van der Waals surface area contributed by atoms with Crippen LogP contribution in [0, 0.1) is 0 Å². The number of nitrogens with zero attached hydrogens (tertiary/aromatic N) is 2. The Balaban J connectivity index is 1.72. The second-order valence-electron chi connectivity index (χ2n) is 5.69. The van der Waals surface area contributed by atoms with Crippen LogP contribution in [0.2, 0.25) is 0 Å². The molecule has 126 valence electrons. The van der Waals surface area contributed by atoms with Crippen molar-refractivity contribution in [1.82, 2.24) is 9.80 Å². The molecule has 0 N–H and O–H groups in total. The SMILES string of the molecule is COC(=O)c1ccc(C=C2SC(=S)N(CN3CCCC3)C2=O)cc1. The molecule has 2 saturated heterocycles. The van der Waals surface area contributed by atoms with Crippen LogP contribution in [-0.2, 0) is 9.53 Å². The van der Waals surface area contributed by atoms with Crippen molar-refractivity contribution in [2.24, 2.45) is 0 Å². The predicted molar refractivity (Wildman–Crippen MR) is 98.5 cm³/mol. The number of likely N-dealkylation sites (tertiary alicyclic amines) is 1. The van der Waals surface area contributed by atoms with Crippen LogP contribution in [0.15, 0.2) is 29.2 Å². The molecule has 5 nitrogen and oxygen atoms in total. The van der Waals surface area contributed by atoms with Gasteiger partial charge in [-0.05, 0) is 49.7 Å². The fourth-order valence-corrected chi connectivity index (χ4v) is 3.97. The lowest BCUT2D eigenvalue weighted by Gasteiger charge is -2.22. The Kier molecular flexibility index (Phi) is 5.33. The number of esters is 1. The van der Waals surface area contributed by atoms with E-state index in [-0.39, 0.29) is 11.9 Å². The Morgan fingerprint density at radius 1 is 1.29 bits per heavy atom. The maximum atomic E-state index is 12.6. The summed E-state index contributed by atoms with van der Waals surface area (Å²) in [4.78, 5) is 28.6. The van der Waals surface area contributed by atoms with Crippen LogP contribution in [0.1, 0.15) is 28.8 Å². The lowest BCUT2D eigenvalue weighted by molar-refractivity contribution is -0.123. The molecule has 7 heteroatoms. The van der Waals surface area contributed by atoms with E-state index in [1.54, 1.807) is 29.2 Å². The first-order chi connectivity index (χ1) is 11.6. The van der Waals surface area contributed by atoms with E-state index in [1.807, 2.05) is 6.08 Å². The van der Waals surface area contributed by atoms with E-state index in [0.717, 1.165) is 18.7 Å². The molecule has 0 unspecified atom stereocenters. The molecule has 0 radical (unpaired) electrons. The second kappa shape index (κ2) is 7.46. The Labute approximate surface area is 150 Å². The summed E-state index contributed by atoms with van der Waals surface area (Å²) in [5.41, 5.74) is 1.33. The number of rotatable bonds is 4. The standard InChI is InChI=1S/C17H18N2O3S2/c1-22-16(21)13-6-4-12(5-7-13)10-14-15(20)19(17(23)24-14)11-18-8-2-3-9-18/h4-7,10H,2-3,8-9,11H2,1H3.